The summed E-state index contributed by atoms with van der Waals surface area (Å²) >= 11 is 0. The smallest absolute Gasteiger partial charge is 0.339 e. The number of aliphatic hydroxyl groups excluding tert-OH is 1. The van der Waals surface area contributed by atoms with Crippen LogP contribution < -0.4 is 10.2 Å². The van der Waals surface area contributed by atoms with Gasteiger partial charge in [-0.05, 0) is 24.6 Å². The normalized spacial score (nSPS) is 16.4. The fourth-order valence-electron chi connectivity index (χ4n) is 2.02. The van der Waals surface area contributed by atoms with E-state index >= 15 is 0 Å². The van der Waals surface area contributed by atoms with Crippen LogP contribution in [0.15, 0.2) is 24.3 Å². The van der Waals surface area contributed by atoms with E-state index in [1.807, 2.05) is 0 Å². The molecule has 1 fully saturated rings. The van der Waals surface area contributed by atoms with Crippen molar-refractivity contribution < 1.29 is 24.2 Å². The summed E-state index contributed by atoms with van der Waals surface area (Å²) in [5.74, 6) is -1.99. The average Bonchev–Trinajstić information content (AvgIpc) is 2.50. The summed E-state index contributed by atoms with van der Waals surface area (Å²) in [4.78, 5) is 35.8. The van der Waals surface area contributed by atoms with Gasteiger partial charge in [-0.1, -0.05) is 12.1 Å². The highest BCUT2D eigenvalue weighted by Gasteiger charge is 2.27. The molecule has 1 aliphatic rings. The first-order valence-corrected chi connectivity index (χ1v) is 6.59. The molecule has 2 rings (SSSR count). The van der Waals surface area contributed by atoms with Crippen molar-refractivity contribution in [2.45, 2.75) is 13.0 Å². The number of hydrogen-bond donors (Lipinski definition) is 2. The van der Waals surface area contributed by atoms with Gasteiger partial charge in [0.15, 0.2) is 6.10 Å². The van der Waals surface area contributed by atoms with Crippen molar-refractivity contribution in [2.24, 2.45) is 0 Å². The topological polar surface area (TPSA) is 95.9 Å². The van der Waals surface area contributed by atoms with Gasteiger partial charge >= 0.3 is 17.8 Å². The van der Waals surface area contributed by atoms with Gasteiger partial charge in [0.1, 0.15) is 0 Å². The molecular weight excluding hydrogens is 276 g/mol. The van der Waals surface area contributed by atoms with Crippen LogP contribution in [0.2, 0.25) is 0 Å². The maximum Gasteiger partial charge on any atom is 0.339 e. The number of ether oxygens (including phenoxy) is 1. The van der Waals surface area contributed by atoms with Crippen LogP contribution in [0.25, 0.3) is 0 Å². The second-order valence-electron chi connectivity index (χ2n) is 4.46. The van der Waals surface area contributed by atoms with Crippen LogP contribution in [0, 0.1) is 0 Å². The molecule has 1 aliphatic heterocycles. The summed E-state index contributed by atoms with van der Waals surface area (Å²) in [6.45, 7) is 2.61. The summed E-state index contributed by atoms with van der Waals surface area (Å²) in [6.07, 6.45) is -1.36. The van der Waals surface area contributed by atoms with Crippen molar-refractivity contribution in [3.05, 3.63) is 29.8 Å². The van der Waals surface area contributed by atoms with E-state index in [4.69, 9.17) is 4.74 Å². The molecule has 0 bridgehead atoms. The summed E-state index contributed by atoms with van der Waals surface area (Å²) in [5, 5.41) is 12.3. The van der Waals surface area contributed by atoms with Crippen molar-refractivity contribution in [3.8, 4) is 0 Å². The van der Waals surface area contributed by atoms with Gasteiger partial charge in [0, 0.05) is 18.8 Å². The molecule has 112 valence electrons. The minimum atomic E-state index is -1.36. The first-order chi connectivity index (χ1) is 10.0. The molecule has 0 saturated carbocycles. The number of aliphatic hydroxyl groups is 1. The minimum absolute atomic E-state index is 0.186. The molecule has 0 aliphatic carbocycles. The van der Waals surface area contributed by atoms with Crippen molar-refractivity contribution in [1.29, 1.82) is 0 Å². The Bertz CT molecular complexity index is 555. The first-order valence-electron chi connectivity index (χ1n) is 6.59. The molecule has 1 atom stereocenters. The van der Waals surface area contributed by atoms with Crippen molar-refractivity contribution >= 4 is 23.5 Å². The van der Waals surface area contributed by atoms with E-state index in [1.54, 1.807) is 19.1 Å². The first kappa shape index (κ1) is 15.0. The number of rotatable bonds is 4. The maximum absolute atomic E-state index is 11.7. The molecule has 0 spiro atoms. The number of hydrogen-bond acceptors (Lipinski definition) is 5. The number of nitrogens with zero attached hydrogens (tertiary/aromatic N) is 1. The Balaban J connectivity index is 2.13. The number of nitrogens with one attached hydrogen (secondary N) is 1. The molecular formula is C14H16N2O5. The number of esters is 1. The second kappa shape index (κ2) is 6.36. The fourth-order valence-corrected chi connectivity index (χ4v) is 2.02. The minimum Gasteiger partial charge on any atom is -0.464 e. The van der Waals surface area contributed by atoms with Crippen molar-refractivity contribution in [2.75, 3.05) is 24.6 Å². The van der Waals surface area contributed by atoms with Gasteiger partial charge in [0.05, 0.1) is 6.61 Å². The molecule has 1 aromatic rings. The molecule has 1 unspecified atom stereocenters. The Kier molecular flexibility index (Phi) is 4.54. The van der Waals surface area contributed by atoms with Gasteiger partial charge in [0.2, 0.25) is 0 Å². The fraction of sp³-hybridized carbons (Fsp3) is 0.357. The molecule has 7 nitrogen and oxygen atoms in total. The van der Waals surface area contributed by atoms with E-state index in [1.165, 1.54) is 17.0 Å². The van der Waals surface area contributed by atoms with Crippen LogP contribution in [0.5, 0.6) is 0 Å². The van der Waals surface area contributed by atoms with E-state index in [9.17, 15) is 19.5 Å². The summed E-state index contributed by atoms with van der Waals surface area (Å²) < 4.78 is 4.73. The summed E-state index contributed by atoms with van der Waals surface area (Å²) in [5.41, 5.74) is 0.903. The number of benzene rings is 1. The summed E-state index contributed by atoms with van der Waals surface area (Å²) in [7, 11) is 0. The zero-order valence-electron chi connectivity index (χ0n) is 11.5. The Morgan fingerprint density at radius 2 is 2.05 bits per heavy atom. The Morgan fingerprint density at radius 1 is 1.38 bits per heavy atom. The van der Waals surface area contributed by atoms with Crippen molar-refractivity contribution in [3.63, 3.8) is 0 Å². The third-order valence-electron chi connectivity index (χ3n) is 3.09. The van der Waals surface area contributed by atoms with Gasteiger partial charge < -0.3 is 20.1 Å². The lowest BCUT2D eigenvalue weighted by molar-refractivity contribution is -0.153. The largest absolute Gasteiger partial charge is 0.464 e. The third kappa shape index (κ3) is 3.19. The monoisotopic (exact) mass is 292 g/mol. The van der Waals surface area contributed by atoms with Gasteiger partial charge in [-0.2, -0.15) is 0 Å². The Morgan fingerprint density at radius 3 is 2.67 bits per heavy atom. The van der Waals surface area contributed by atoms with Gasteiger partial charge in [0.25, 0.3) is 0 Å². The van der Waals surface area contributed by atoms with E-state index in [-0.39, 0.29) is 6.61 Å². The van der Waals surface area contributed by atoms with Crippen LogP contribution in [0.1, 0.15) is 18.6 Å². The predicted molar refractivity (Wildman–Crippen MR) is 73.4 cm³/mol. The van der Waals surface area contributed by atoms with Gasteiger partial charge in [-0.25, -0.2) is 4.79 Å². The molecule has 2 N–H and O–H groups in total. The van der Waals surface area contributed by atoms with Gasteiger partial charge in [-0.15, -0.1) is 0 Å². The highest BCUT2D eigenvalue weighted by molar-refractivity contribution is 6.41. The quantitative estimate of drug-likeness (QED) is 0.589. The standard InChI is InChI=1S/C14H16N2O5/c1-2-21-14(20)11(17)9-3-5-10(6-4-9)16-8-7-15-12(18)13(16)19/h3-6,11,17H,2,7-8H2,1H3,(H,15,18). The molecule has 7 heteroatoms. The van der Waals surface area contributed by atoms with Crippen LogP contribution in [0.3, 0.4) is 0 Å². The van der Waals surface area contributed by atoms with Crippen LogP contribution in [-0.4, -0.2) is 42.6 Å². The Labute approximate surface area is 121 Å². The van der Waals surface area contributed by atoms with Gasteiger partial charge in [-0.3, -0.25) is 9.59 Å². The second-order valence-corrected chi connectivity index (χ2v) is 4.46. The molecule has 1 aromatic carbocycles. The van der Waals surface area contributed by atoms with E-state index in [0.29, 0.717) is 24.3 Å². The molecule has 1 saturated heterocycles. The number of piperazine rings is 1. The lowest BCUT2D eigenvalue weighted by Crippen LogP contribution is -2.52. The van der Waals surface area contributed by atoms with E-state index in [2.05, 4.69) is 5.32 Å². The predicted octanol–water partition coefficient (Wildman–Crippen LogP) is -0.254. The molecule has 0 aromatic heterocycles. The van der Waals surface area contributed by atoms with E-state index in [0.717, 1.165) is 0 Å². The molecule has 2 amide bonds. The van der Waals surface area contributed by atoms with Crippen LogP contribution in [0.4, 0.5) is 5.69 Å². The number of amides is 2. The zero-order chi connectivity index (χ0) is 15.4. The van der Waals surface area contributed by atoms with E-state index < -0.39 is 23.9 Å². The summed E-state index contributed by atoms with van der Waals surface area (Å²) in [6, 6.07) is 6.20. The zero-order valence-corrected chi connectivity index (χ0v) is 11.5. The third-order valence-corrected chi connectivity index (χ3v) is 3.09. The van der Waals surface area contributed by atoms with Crippen molar-refractivity contribution in [1.82, 2.24) is 5.32 Å². The van der Waals surface area contributed by atoms with Crippen LogP contribution in [-0.2, 0) is 19.1 Å². The Hall–Kier alpha value is -2.41. The number of carbonyl (C=O) groups excluding carboxylic acids is 3. The number of carbonyl (C=O) groups is 3. The molecule has 1 heterocycles. The maximum atomic E-state index is 11.7. The highest BCUT2D eigenvalue weighted by atomic mass is 16.5. The molecule has 0 radical (unpaired) electrons. The highest BCUT2D eigenvalue weighted by Crippen LogP contribution is 2.21. The SMILES string of the molecule is CCOC(=O)C(O)c1ccc(N2CCNC(=O)C2=O)cc1. The lowest BCUT2D eigenvalue weighted by Gasteiger charge is -2.26. The lowest BCUT2D eigenvalue weighted by atomic mass is 10.1. The molecule has 21 heavy (non-hydrogen) atoms. The number of anilines is 1. The average molecular weight is 292 g/mol. The van der Waals surface area contributed by atoms with Crippen LogP contribution >= 0.6 is 0 Å².